The molecule has 184 valence electrons. The predicted molar refractivity (Wildman–Crippen MR) is 132 cm³/mol. The zero-order chi connectivity index (χ0) is 25.4. The normalized spacial score (nSPS) is 24.0. The van der Waals surface area contributed by atoms with Crippen LogP contribution in [0, 0.1) is 23.7 Å². The van der Waals surface area contributed by atoms with Crippen LogP contribution in [0.1, 0.15) is 33.5 Å². The maximum absolute atomic E-state index is 12.9. The maximum Gasteiger partial charge on any atom is 0.335 e. The van der Waals surface area contributed by atoms with Crippen LogP contribution in [0.2, 0.25) is 0 Å². The zero-order valence-electron chi connectivity index (χ0n) is 19.8. The second kappa shape index (κ2) is 9.45. The van der Waals surface area contributed by atoms with E-state index in [-0.39, 0.29) is 47.7 Å². The van der Waals surface area contributed by atoms with E-state index in [0.29, 0.717) is 23.5 Å². The molecule has 36 heavy (non-hydrogen) atoms. The number of ether oxygens (including phenoxy) is 2. The standard InChI is InChI=1S/C28H26N2O6/c1-3-4-21-11-17(14-29-30-26(31)23-19-9-10-20(13-19)24(23)27(30)32)12-22(35-2)25(21)36-15-16-5-7-18(8-6-16)28(33)34/h3,5-12,14,19-20,23-24H,1,4,13,15H2,2H3,(H,33,34). The van der Waals surface area contributed by atoms with Crippen molar-refractivity contribution in [3.05, 3.63) is 83.5 Å². The molecule has 1 aliphatic heterocycles. The third-order valence-electron chi connectivity index (χ3n) is 7.09. The molecular formula is C28H26N2O6. The summed E-state index contributed by atoms with van der Waals surface area (Å²) in [7, 11) is 1.53. The molecule has 0 aromatic heterocycles. The Balaban J connectivity index is 1.36. The highest BCUT2D eigenvalue weighted by molar-refractivity contribution is 6.06. The lowest BCUT2D eigenvalue weighted by molar-refractivity contribution is -0.140. The number of hydrazone groups is 1. The van der Waals surface area contributed by atoms with Gasteiger partial charge in [-0.25, -0.2) is 4.79 Å². The number of hydrogen-bond donors (Lipinski definition) is 1. The Kier molecular flexibility index (Phi) is 6.18. The first-order chi connectivity index (χ1) is 17.4. The highest BCUT2D eigenvalue weighted by atomic mass is 16.5. The number of carboxylic acids is 1. The molecule has 0 radical (unpaired) electrons. The molecule has 2 fully saturated rings. The number of rotatable bonds is 9. The Labute approximate surface area is 208 Å². The lowest BCUT2D eigenvalue weighted by Gasteiger charge is -2.16. The summed E-state index contributed by atoms with van der Waals surface area (Å²) in [6, 6.07) is 10.0. The van der Waals surface area contributed by atoms with Gasteiger partial charge in [0.2, 0.25) is 0 Å². The number of fused-ring (bicyclic) bond motifs is 5. The number of carboxylic acid groups (broad SMARTS) is 1. The van der Waals surface area contributed by atoms with Crippen LogP contribution in [0.5, 0.6) is 11.5 Å². The van der Waals surface area contributed by atoms with E-state index in [4.69, 9.17) is 14.6 Å². The van der Waals surface area contributed by atoms with Crippen molar-refractivity contribution >= 4 is 24.0 Å². The number of benzene rings is 2. The smallest absolute Gasteiger partial charge is 0.335 e. The molecule has 5 rings (SSSR count). The first kappa shape index (κ1) is 23.5. The van der Waals surface area contributed by atoms with E-state index in [0.717, 1.165) is 22.6 Å². The van der Waals surface area contributed by atoms with E-state index in [9.17, 15) is 14.4 Å². The Morgan fingerprint density at radius 3 is 2.39 bits per heavy atom. The minimum Gasteiger partial charge on any atom is -0.493 e. The van der Waals surface area contributed by atoms with Gasteiger partial charge in [-0.2, -0.15) is 10.1 Å². The summed E-state index contributed by atoms with van der Waals surface area (Å²) < 4.78 is 11.6. The number of allylic oxidation sites excluding steroid dienone is 3. The Morgan fingerprint density at radius 1 is 1.14 bits per heavy atom. The second-order valence-electron chi connectivity index (χ2n) is 9.23. The fourth-order valence-electron chi connectivity index (χ4n) is 5.40. The molecule has 8 heteroatoms. The van der Waals surface area contributed by atoms with Gasteiger partial charge in [0.05, 0.1) is 30.7 Å². The number of nitrogens with zero attached hydrogens (tertiary/aromatic N) is 2. The quantitative estimate of drug-likeness (QED) is 0.328. The summed E-state index contributed by atoms with van der Waals surface area (Å²) in [5.74, 6) is -0.777. The van der Waals surface area contributed by atoms with Crippen molar-refractivity contribution in [1.82, 2.24) is 5.01 Å². The van der Waals surface area contributed by atoms with E-state index >= 15 is 0 Å². The minimum absolute atomic E-state index is 0.132. The Hall–Kier alpha value is -4.20. The van der Waals surface area contributed by atoms with Gasteiger partial charge in [0, 0.05) is 5.56 Å². The van der Waals surface area contributed by atoms with Crippen molar-refractivity contribution in [1.29, 1.82) is 0 Å². The third kappa shape index (κ3) is 4.08. The largest absolute Gasteiger partial charge is 0.493 e. The SMILES string of the molecule is C=CCc1cc(C=NN2C(=O)C3C4C=CC(C4)C3C2=O)cc(OC)c1OCc1ccc(C(=O)O)cc1. The molecule has 4 atom stereocenters. The van der Waals surface area contributed by atoms with Crippen molar-refractivity contribution in [3.8, 4) is 11.5 Å². The van der Waals surface area contributed by atoms with Gasteiger partial charge < -0.3 is 14.6 Å². The lowest BCUT2D eigenvalue weighted by Crippen LogP contribution is -2.28. The van der Waals surface area contributed by atoms with Crippen LogP contribution in [-0.2, 0) is 22.6 Å². The molecule has 1 saturated carbocycles. The number of hydrogen-bond acceptors (Lipinski definition) is 6. The van der Waals surface area contributed by atoms with Gasteiger partial charge in [-0.05, 0) is 60.1 Å². The molecule has 1 heterocycles. The van der Waals surface area contributed by atoms with Crippen LogP contribution in [0.25, 0.3) is 0 Å². The number of amides is 2. The summed E-state index contributed by atoms with van der Waals surface area (Å²) in [6.45, 7) is 4.03. The van der Waals surface area contributed by atoms with Crippen LogP contribution in [0.15, 0.2) is 66.3 Å². The number of carbonyl (C=O) groups excluding carboxylic acids is 2. The van der Waals surface area contributed by atoms with Crippen LogP contribution in [-0.4, -0.2) is 41.2 Å². The minimum atomic E-state index is -0.987. The molecule has 2 aromatic carbocycles. The lowest BCUT2D eigenvalue weighted by atomic mass is 9.85. The molecular weight excluding hydrogens is 460 g/mol. The molecule has 2 aliphatic carbocycles. The molecule has 1 saturated heterocycles. The predicted octanol–water partition coefficient (Wildman–Crippen LogP) is 3.84. The van der Waals surface area contributed by atoms with Crippen LogP contribution in [0.4, 0.5) is 0 Å². The van der Waals surface area contributed by atoms with E-state index in [1.807, 2.05) is 6.07 Å². The van der Waals surface area contributed by atoms with Gasteiger partial charge in [0.25, 0.3) is 11.8 Å². The number of imide groups is 1. The van der Waals surface area contributed by atoms with Crippen molar-refractivity contribution < 1.29 is 29.0 Å². The van der Waals surface area contributed by atoms with Crippen molar-refractivity contribution in [3.63, 3.8) is 0 Å². The van der Waals surface area contributed by atoms with Gasteiger partial charge >= 0.3 is 5.97 Å². The van der Waals surface area contributed by atoms with Crippen LogP contribution < -0.4 is 9.47 Å². The highest BCUT2D eigenvalue weighted by Crippen LogP contribution is 2.52. The zero-order valence-corrected chi connectivity index (χ0v) is 19.8. The Morgan fingerprint density at radius 2 is 1.81 bits per heavy atom. The fourth-order valence-corrected chi connectivity index (χ4v) is 5.40. The maximum atomic E-state index is 12.9. The number of methoxy groups -OCH3 is 1. The second-order valence-corrected chi connectivity index (χ2v) is 9.23. The van der Waals surface area contributed by atoms with Crippen LogP contribution in [0.3, 0.4) is 0 Å². The monoisotopic (exact) mass is 486 g/mol. The van der Waals surface area contributed by atoms with Gasteiger partial charge in [0.15, 0.2) is 11.5 Å². The van der Waals surface area contributed by atoms with E-state index in [2.05, 4.69) is 23.8 Å². The first-order valence-electron chi connectivity index (χ1n) is 11.8. The summed E-state index contributed by atoms with van der Waals surface area (Å²) in [4.78, 5) is 36.9. The molecule has 2 bridgehead atoms. The summed E-state index contributed by atoms with van der Waals surface area (Å²) in [6.07, 6.45) is 8.70. The van der Waals surface area contributed by atoms with Gasteiger partial charge in [-0.3, -0.25) is 9.59 Å². The van der Waals surface area contributed by atoms with E-state index in [1.54, 1.807) is 24.3 Å². The topological polar surface area (TPSA) is 106 Å². The molecule has 8 nitrogen and oxygen atoms in total. The number of aromatic carboxylic acids is 1. The summed E-state index contributed by atoms with van der Waals surface area (Å²) in [5.41, 5.74) is 2.46. The highest BCUT2D eigenvalue weighted by Gasteiger charge is 2.59. The third-order valence-corrected chi connectivity index (χ3v) is 7.09. The van der Waals surface area contributed by atoms with E-state index < -0.39 is 5.97 Å². The average Bonchev–Trinajstić information content (AvgIpc) is 3.56. The summed E-state index contributed by atoms with van der Waals surface area (Å²) in [5, 5.41) is 14.4. The summed E-state index contributed by atoms with van der Waals surface area (Å²) >= 11 is 0. The number of carbonyl (C=O) groups is 3. The van der Waals surface area contributed by atoms with Crippen LogP contribution >= 0.6 is 0 Å². The van der Waals surface area contributed by atoms with Crippen molar-refractivity contribution in [2.45, 2.75) is 19.4 Å². The molecule has 1 N–H and O–H groups in total. The van der Waals surface area contributed by atoms with Gasteiger partial charge in [0.1, 0.15) is 6.61 Å². The van der Waals surface area contributed by atoms with Crippen molar-refractivity contribution in [2.75, 3.05) is 7.11 Å². The average molecular weight is 487 g/mol. The van der Waals surface area contributed by atoms with E-state index in [1.165, 1.54) is 25.5 Å². The molecule has 2 amide bonds. The van der Waals surface area contributed by atoms with Gasteiger partial charge in [-0.1, -0.05) is 30.4 Å². The molecule has 2 aromatic rings. The first-order valence-corrected chi connectivity index (χ1v) is 11.8. The molecule has 0 spiro atoms. The molecule has 4 unspecified atom stereocenters. The molecule has 3 aliphatic rings. The van der Waals surface area contributed by atoms with Gasteiger partial charge in [-0.15, -0.1) is 6.58 Å². The Bertz CT molecular complexity index is 1270. The van der Waals surface area contributed by atoms with Crippen molar-refractivity contribution in [2.24, 2.45) is 28.8 Å². The fraction of sp³-hybridized carbons (Fsp3) is 0.286.